The number of hydrogen-bond acceptors (Lipinski definition) is 6. The van der Waals surface area contributed by atoms with Gasteiger partial charge < -0.3 is 14.0 Å². The Morgan fingerprint density at radius 2 is 2.25 bits per heavy atom. The van der Waals surface area contributed by atoms with E-state index in [1.807, 2.05) is 13.0 Å². The molecule has 0 spiro atoms. The van der Waals surface area contributed by atoms with Gasteiger partial charge in [-0.25, -0.2) is 0 Å². The number of hydrogen-bond donors (Lipinski definition) is 1. The van der Waals surface area contributed by atoms with Gasteiger partial charge in [-0.3, -0.25) is 4.90 Å². The molecular formula is C14H19N3O3. The maximum Gasteiger partial charge on any atom is 0.241 e. The number of furan rings is 1. The Morgan fingerprint density at radius 1 is 1.45 bits per heavy atom. The molecule has 0 aliphatic carbocycles. The smallest absolute Gasteiger partial charge is 0.241 e. The van der Waals surface area contributed by atoms with Crippen molar-refractivity contribution in [3.8, 4) is 11.4 Å². The minimum absolute atomic E-state index is 0.215. The summed E-state index contributed by atoms with van der Waals surface area (Å²) in [4.78, 5) is 6.66. The van der Waals surface area contributed by atoms with Crippen molar-refractivity contribution in [1.82, 2.24) is 15.0 Å². The molecule has 1 atom stereocenters. The van der Waals surface area contributed by atoms with Crippen LogP contribution in [0.1, 0.15) is 25.7 Å². The van der Waals surface area contributed by atoms with Gasteiger partial charge in [0.15, 0.2) is 0 Å². The van der Waals surface area contributed by atoms with Crippen molar-refractivity contribution in [2.45, 2.75) is 32.4 Å². The third kappa shape index (κ3) is 2.91. The summed E-state index contributed by atoms with van der Waals surface area (Å²) in [7, 11) is 0. The van der Waals surface area contributed by atoms with Gasteiger partial charge in [0.25, 0.3) is 0 Å². The largest absolute Gasteiger partial charge is 0.472 e. The van der Waals surface area contributed by atoms with Gasteiger partial charge in [0.2, 0.25) is 11.7 Å². The monoisotopic (exact) mass is 277 g/mol. The van der Waals surface area contributed by atoms with Gasteiger partial charge in [-0.05, 0) is 44.8 Å². The van der Waals surface area contributed by atoms with Gasteiger partial charge in [-0.2, -0.15) is 4.98 Å². The van der Waals surface area contributed by atoms with E-state index in [1.54, 1.807) is 12.5 Å². The fraction of sp³-hybridized carbons (Fsp3) is 0.571. The molecule has 1 aliphatic heterocycles. The molecule has 0 radical (unpaired) electrons. The fourth-order valence-electron chi connectivity index (χ4n) is 2.61. The molecule has 3 heterocycles. The number of rotatable bonds is 4. The predicted octanol–water partition coefficient (Wildman–Crippen LogP) is 1.92. The first-order chi connectivity index (χ1) is 9.72. The van der Waals surface area contributed by atoms with Crippen molar-refractivity contribution in [2.24, 2.45) is 5.92 Å². The summed E-state index contributed by atoms with van der Waals surface area (Å²) < 4.78 is 10.3. The van der Waals surface area contributed by atoms with E-state index in [4.69, 9.17) is 8.94 Å². The van der Waals surface area contributed by atoms with Gasteiger partial charge in [-0.1, -0.05) is 5.16 Å². The number of likely N-dealkylation sites (tertiary alicyclic amines) is 1. The van der Waals surface area contributed by atoms with Crippen LogP contribution in [-0.4, -0.2) is 39.3 Å². The molecule has 1 unspecified atom stereocenters. The van der Waals surface area contributed by atoms with Crippen molar-refractivity contribution in [3.63, 3.8) is 0 Å². The average molecular weight is 277 g/mol. The number of aliphatic hydroxyl groups excluding tert-OH is 1. The van der Waals surface area contributed by atoms with Gasteiger partial charge in [0.1, 0.15) is 6.26 Å². The van der Waals surface area contributed by atoms with Crippen LogP contribution in [0.2, 0.25) is 0 Å². The zero-order chi connectivity index (χ0) is 13.9. The van der Waals surface area contributed by atoms with Gasteiger partial charge >= 0.3 is 0 Å². The lowest BCUT2D eigenvalue weighted by molar-refractivity contribution is 0.0660. The third-order valence-corrected chi connectivity index (χ3v) is 3.92. The normalized spacial score (nSPS) is 19.3. The maximum absolute atomic E-state index is 9.59. The van der Waals surface area contributed by atoms with E-state index in [0.29, 0.717) is 24.2 Å². The van der Waals surface area contributed by atoms with Crippen molar-refractivity contribution in [3.05, 3.63) is 24.5 Å². The summed E-state index contributed by atoms with van der Waals surface area (Å²) in [5.74, 6) is 1.60. The van der Waals surface area contributed by atoms with Crippen LogP contribution in [0.3, 0.4) is 0 Å². The van der Waals surface area contributed by atoms with E-state index >= 15 is 0 Å². The summed E-state index contributed by atoms with van der Waals surface area (Å²) >= 11 is 0. The van der Waals surface area contributed by atoms with Crippen molar-refractivity contribution < 1.29 is 14.0 Å². The first-order valence-corrected chi connectivity index (χ1v) is 6.98. The lowest BCUT2D eigenvalue weighted by Crippen LogP contribution is -2.36. The Bertz CT molecular complexity index is 528. The van der Waals surface area contributed by atoms with E-state index in [0.717, 1.165) is 31.5 Å². The first kappa shape index (κ1) is 13.3. The molecular weight excluding hydrogens is 258 g/mol. The molecule has 20 heavy (non-hydrogen) atoms. The van der Waals surface area contributed by atoms with Gasteiger partial charge in [0.05, 0.1) is 24.5 Å². The molecule has 3 rings (SSSR count). The SMILES string of the molecule is CC(O)C1CCN(Cc2nc(-c3ccoc3)no2)CC1. The molecule has 1 saturated heterocycles. The molecule has 6 nitrogen and oxygen atoms in total. The van der Waals surface area contributed by atoms with Crippen LogP contribution in [0.4, 0.5) is 0 Å². The molecule has 1 N–H and O–H groups in total. The van der Waals surface area contributed by atoms with Crippen LogP contribution >= 0.6 is 0 Å². The summed E-state index contributed by atoms with van der Waals surface area (Å²) in [6, 6.07) is 1.81. The predicted molar refractivity (Wildman–Crippen MR) is 71.7 cm³/mol. The molecule has 6 heteroatoms. The highest BCUT2D eigenvalue weighted by molar-refractivity contribution is 5.51. The van der Waals surface area contributed by atoms with E-state index in [2.05, 4.69) is 15.0 Å². The summed E-state index contributed by atoms with van der Waals surface area (Å²) in [5.41, 5.74) is 0.827. The topological polar surface area (TPSA) is 75.5 Å². The lowest BCUT2D eigenvalue weighted by atomic mass is 9.92. The summed E-state index contributed by atoms with van der Waals surface area (Å²) in [5, 5.41) is 13.5. The lowest BCUT2D eigenvalue weighted by Gasteiger charge is -2.32. The van der Waals surface area contributed by atoms with E-state index < -0.39 is 0 Å². The Balaban J connectivity index is 1.57. The zero-order valence-corrected chi connectivity index (χ0v) is 11.5. The van der Waals surface area contributed by atoms with Crippen LogP contribution in [0.25, 0.3) is 11.4 Å². The highest BCUT2D eigenvalue weighted by Crippen LogP contribution is 2.22. The second kappa shape index (κ2) is 5.76. The Morgan fingerprint density at radius 3 is 2.90 bits per heavy atom. The number of aliphatic hydroxyl groups is 1. The van der Waals surface area contributed by atoms with Crippen LogP contribution in [-0.2, 0) is 6.54 Å². The van der Waals surface area contributed by atoms with Crippen molar-refractivity contribution in [2.75, 3.05) is 13.1 Å². The van der Waals surface area contributed by atoms with Crippen LogP contribution < -0.4 is 0 Å². The minimum Gasteiger partial charge on any atom is -0.472 e. The minimum atomic E-state index is -0.215. The molecule has 2 aromatic heterocycles. The quantitative estimate of drug-likeness (QED) is 0.920. The molecule has 0 amide bonds. The molecule has 1 fully saturated rings. The Labute approximate surface area is 117 Å². The molecule has 1 aliphatic rings. The highest BCUT2D eigenvalue weighted by Gasteiger charge is 2.23. The standard InChI is InChI=1S/C14H19N3O3/c1-10(18)11-2-5-17(6-3-11)8-13-15-14(16-20-13)12-4-7-19-9-12/h4,7,9-11,18H,2-3,5-6,8H2,1H3. The van der Waals surface area contributed by atoms with Crippen molar-refractivity contribution >= 4 is 0 Å². The molecule has 0 saturated carbocycles. The van der Waals surface area contributed by atoms with Crippen molar-refractivity contribution in [1.29, 1.82) is 0 Å². The Kier molecular flexibility index (Phi) is 3.84. The highest BCUT2D eigenvalue weighted by atomic mass is 16.5. The second-order valence-electron chi connectivity index (χ2n) is 5.38. The van der Waals surface area contributed by atoms with Crippen LogP contribution in [0.5, 0.6) is 0 Å². The molecule has 0 bridgehead atoms. The number of aromatic nitrogens is 2. The van der Waals surface area contributed by atoms with E-state index in [9.17, 15) is 5.11 Å². The molecule has 2 aromatic rings. The van der Waals surface area contributed by atoms with E-state index in [-0.39, 0.29) is 6.10 Å². The third-order valence-electron chi connectivity index (χ3n) is 3.92. The molecule has 0 aromatic carbocycles. The van der Waals surface area contributed by atoms with E-state index in [1.165, 1.54) is 0 Å². The average Bonchev–Trinajstić information content (AvgIpc) is 3.09. The second-order valence-corrected chi connectivity index (χ2v) is 5.38. The zero-order valence-electron chi connectivity index (χ0n) is 11.5. The Hall–Kier alpha value is -1.66. The van der Waals surface area contributed by atoms with Gasteiger partial charge in [0, 0.05) is 0 Å². The number of nitrogens with zero attached hydrogens (tertiary/aromatic N) is 3. The summed E-state index contributed by atoms with van der Waals surface area (Å²) in [6.07, 6.45) is 5.00. The summed E-state index contributed by atoms with van der Waals surface area (Å²) in [6.45, 7) is 4.45. The maximum atomic E-state index is 9.59. The fourth-order valence-corrected chi connectivity index (χ4v) is 2.61. The molecule has 108 valence electrons. The first-order valence-electron chi connectivity index (χ1n) is 6.98. The van der Waals surface area contributed by atoms with Crippen LogP contribution in [0.15, 0.2) is 27.5 Å². The van der Waals surface area contributed by atoms with Gasteiger partial charge in [-0.15, -0.1) is 0 Å². The van der Waals surface area contributed by atoms with Crippen LogP contribution in [0, 0.1) is 5.92 Å². The number of piperidine rings is 1.